The van der Waals surface area contributed by atoms with Crippen LogP contribution in [0.3, 0.4) is 0 Å². The van der Waals surface area contributed by atoms with Crippen molar-refractivity contribution in [2.75, 3.05) is 7.11 Å². The minimum absolute atomic E-state index is 0.0411. The lowest BCUT2D eigenvalue weighted by atomic mass is 10.2. The predicted molar refractivity (Wildman–Crippen MR) is 95.9 cm³/mol. The molecule has 1 aliphatic rings. The summed E-state index contributed by atoms with van der Waals surface area (Å²) in [6, 6.07) is 7.93. The van der Waals surface area contributed by atoms with Crippen molar-refractivity contribution >= 4 is 11.8 Å². The van der Waals surface area contributed by atoms with E-state index < -0.39 is 0 Å². The second-order valence-corrected chi connectivity index (χ2v) is 7.59. The summed E-state index contributed by atoms with van der Waals surface area (Å²) >= 11 is 1.54. The lowest BCUT2D eigenvalue weighted by Crippen LogP contribution is -2.08. The molecule has 4 rings (SSSR count). The first-order chi connectivity index (χ1) is 12.7. The third kappa shape index (κ3) is 3.44. The van der Waals surface area contributed by atoms with Crippen LogP contribution in [0.15, 0.2) is 33.8 Å². The zero-order valence-corrected chi connectivity index (χ0v) is 15.5. The van der Waals surface area contributed by atoms with Crippen molar-refractivity contribution in [1.29, 1.82) is 0 Å². The Bertz CT molecular complexity index is 856. The number of aromatic nitrogens is 6. The number of nitrogens with zero attached hydrogens (tertiary/aromatic N) is 6. The first-order valence-electron chi connectivity index (χ1n) is 8.67. The highest BCUT2D eigenvalue weighted by atomic mass is 32.2. The number of tetrazole rings is 1. The van der Waals surface area contributed by atoms with Crippen LogP contribution in [-0.4, -0.2) is 37.5 Å². The molecule has 3 aromatic rings. The van der Waals surface area contributed by atoms with Crippen molar-refractivity contribution in [3.05, 3.63) is 30.2 Å². The first kappa shape index (κ1) is 17.0. The average Bonchev–Trinajstić information content (AvgIpc) is 3.42. The molecule has 8 nitrogen and oxygen atoms in total. The number of rotatable bonds is 6. The summed E-state index contributed by atoms with van der Waals surface area (Å²) in [7, 11) is 1.64. The maximum absolute atomic E-state index is 5.86. The number of thioether (sulfide) groups is 1. The summed E-state index contributed by atoms with van der Waals surface area (Å²) < 4.78 is 13.0. The zero-order valence-electron chi connectivity index (χ0n) is 14.7. The van der Waals surface area contributed by atoms with Gasteiger partial charge in [-0.1, -0.05) is 24.6 Å². The Hall–Kier alpha value is -2.42. The molecular formula is C17H20N6O2S. The van der Waals surface area contributed by atoms with Gasteiger partial charge in [-0.3, -0.25) is 0 Å². The summed E-state index contributed by atoms with van der Waals surface area (Å²) in [5, 5.41) is 21.3. The number of benzene rings is 1. The number of hydrogen-bond acceptors (Lipinski definition) is 8. The fourth-order valence-electron chi connectivity index (χ4n) is 3.10. The highest BCUT2D eigenvalue weighted by molar-refractivity contribution is 7.99. The topological polar surface area (TPSA) is 91.8 Å². The molecule has 9 heteroatoms. The summed E-state index contributed by atoms with van der Waals surface area (Å²) in [4.78, 5) is 0. The van der Waals surface area contributed by atoms with Crippen LogP contribution >= 0.6 is 11.8 Å². The van der Waals surface area contributed by atoms with E-state index in [-0.39, 0.29) is 5.25 Å². The van der Waals surface area contributed by atoms with E-state index in [9.17, 15) is 0 Å². The number of hydrogen-bond donors (Lipinski definition) is 0. The van der Waals surface area contributed by atoms with Crippen LogP contribution in [0.4, 0.5) is 0 Å². The predicted octanol–water partition coefficient (Wildman–Crippen LogP) is 3.70. The molecule has 0 radical (unpaired) electrons. The van der Waals surface area contributed by atoms with Crippen molar-refractivity contribution in [2.45, 2.75) is 49.1 Å². The van der Waals surface area contributed by atoms with Crippen molar-refractivity contribution in [2.24, 2.45) is 0 Å². The van der Waals surface area contributed by atoms with Crippen molar-refractivity contribution in [3.8, 4) is 17.2 Å². The van der Waals surface area contributed by atoms with Crippen LogP contribution < -0.4 is 4.74 Å². The molecule has 136 valence electrons. The maximum Gasteiger partial charge on any atom is 0.247 e. The van der Waals surface area contributed by atoms with Crippen LogP contribution in [0, 0.1) is 0 Å². The van der Waals surface area contributed by atoms with E-state index in [0.717, 1.165) is 29.3 Å². The normalized spacial score (nSPS) is 16.1. The van der Waals surface area contributed by atoms with Gasteiger partial charge in [-0.05, 0) is 54.5 Å². The van der Waals surface area contributed by atoms with Gasteiger partial charge in [-0.2, -0.15) is 0 Å². The van der Waals surface area contributed by atoms with E-state index in [2.05, 4.69) is 25.7 Å². The minimum atomic E-state index is -0.0411. The molecule has 26 heavy (non-hydrogen) atoms. The average molecular weight is 372 g/mol. The molecular weight excluding hydrogens is 352 g/mol. The van der Waals surface area contributed by atoms with Gasteiger partial charge in [-0.15, -0.1) is 15.3 Å². The van der Waals surface area contributed by atoms with Gasteiger partial charge < -0.3 is 9.15 Å². The first-order valence-corrected chi connectivity index (χ1v) is 9.55. The minimum Gasteiger partial charge on any atom is -0.497 e. The van der Waals surface area contributed by atoms with Crippen LogP contribution in [0.1, 0.15) is 49.8 Å². The molecule has 1 aliphatic carbocycles. The quantitative estimate of drug-likeness (QED) is 0.605. The molecule has 0 aliphatic heterocycles. The molecule has 0 amide bonds. The highest BCUT2D eigenvalue weighted by Crippen LogP contribution is 2.37. The molecule has 2 aromatic heterocycles. The van der Waals surface area contributed by atoms with E-state index in [0.29, 0.717) is 17.8 Å². The monoisotopic (exact) mass is 372 g/mol. The van der Waals surface area contributed by atoms with E-state index in [1.165, 1.54) is 12.8 Å². The largest absolute Gasteiger partial charge is 0.497 e. The van der Waals surface area contributed by atoms with Gasteiger partial charge in [0, 0.05) is 5.56 Å². The zero-order chi connectivity index (χ0) is 17.9. The molecule has 0 spiro atoms. The van der Waals surface area contributed by atoms with Crippen LogP contribution in [-0.2, 0) is 0 Å². The molecule has 1 unspecified atom stereocenters. The standard InChI is InChI=1S/C17H20N6O2S/c1-11(26-17-20-21-22-23(17)13-5-3-4-6-13)15-18-19-16(25-15)12-7-9-14(24-2)10-8-12/h7-11,13H,3-6H2,1-2H3. The molecule has 0 bridgehead atoms. The fourth-order valence-corrected chi connectivity index (χ4v) is 3.99. The van der Waals surface area contributed by atoms with Crippen molar-refractivity contribution in [1.82, 2.24) is 30.4 Å². The number of methoxy groups -OCH3 is 1. The molecule has 1 saturated carbocycles. The van der Waals surface area contributed by atoms with Gasteiger partial charge in [0.05, 0.1) is 18.4 Å². The third-order valence-corrected chi connectivity index (χ3v) is 5.58. The van der Waals surface area contributed by atoms with E-state index in [1.54, 1.807) is 18.9 Å². The molecule has 1 aromatic carbocycles. The summed E-state index contributed by atoms with van der Waals surface area (Å²) in [6.07, 6.45) is 4.74. The van der Waals surface area contributed by atoms with Gasteiger partial charge in [-0.25, -0.2) is 4.68 Å². The Kier molecular flexibility index (Phi) is 4.87. The van der Waals surface area contributed by atoms with Gasteiger partial charge in [0.2, 0.25) is 16.9 Å². The molecule has 2 heterocycles. The highest BCUT2D eigenvalue weighted by Gasteiger charge is 2.24. The van der Waals surface area contributed by atoms with Gasteiger partial charge in [0.1, 0.15) is 5.75 Å². The summed E-state index contributed by atoms with van der Waals surface area (Å²) in [5.41, 5.74) is 0.859. The Morgan fingerprint density at radius 3 is 2.65 bits per heavy atom. The van der Waals surface area contributed by atoms with Crippen LogP contribution in [0.2, 0.25) is 0 Å². The Labute approximate surface area is 155 Å². The SMILES string of the molecule is COc1ccc(-c2nnc(C(C)Sc3nnnn3C3CCCC3)o2)cc1. The lowest BCUT2D eigenvalue weighted by Gasteiger charge is -2.12. The number of ether oxygens (including phenoxy) is 1. The van der Waals surface area contributed by atoms with Crippen molar-refractivity contribution < 1.29 is 9.15 Å². The van der Waals surface area contributed by atoms with Gasteiger partial charge in [0.25, 0.3) is 0 Å². The van der Waals surface area contributed by atoms with Crippen molar-refractivity contribution in [3.63, 3.8) is 0 Å². The fraction of sp³-hybridized carbons (Fsp3) is 0.471. The van der Waals surface area contributed by atoms with E-state index in [4.69, 9.17) is 9.15 Å². The van der Waals surface area contributed by atoms with Gasteiger partial charge >= 0.3 is 0 Å². The van der Waals surface area contributed by atoms with Crippen LogP contribution in [0.25, 0.3) is 11.5 Å². The van der Waals surface area contributed by atoms with Gasteiger partial charge in [0.15, 0.2) is 0 Å². The Balaban J connectivity index is 1.48. The molecule has 1 atom stereocenters. The smallest absolute Gasteiger partial charge is 0.247 e. The van der Waals surface area contributed by atoms with Crippen LogP contribution in [0.5, 0.6) is 5.75 Å². The lowest BCUT2D eigenvalue weighted by molar-refractivity contribution is 0.415. The molecule has 1 fully saturated rings. The second-order valence-electron chi connectivity index (χ2n) is 6.28. The van der Waals surface area contributed by atoms with E-state index in [1.807, 2.05) is 35.9 Å². The maximum atomic E-state index is 5.86. The molecule has 0 saturated heterocycles. The Morgan fingerprint density at radius 1 is 1.15 bits per heavy atom. The second kappa shape index (κ2) is 7.45. The summed E-state index contributed by atoms with van der Waals surface area (Å²) in [6.45, 7) is 2.02. The summed E-state index contributed by atoms with van der Waals surface area (Å²) in [5.74, 6) is 1.84. The Morgan fingerprint density at radius 2 is 1.92 bits per heavy atom. The van der Waals surface area contributed by atoms with E-state index >= 15 is 0 Å². The third-order valence-electron chi connectivity index (χ3n) is 4.54. The molecule has 0 N–H and O–H groups in total.